The van der Waals surface area contributed by atoms with Crippen LogP contribution in [0.4, 0.5) is 0 Å². The van der Waals surface area contributed by atoms with E-state index in [0.717, 1.165) is 17.8 Å². The van der Waals surface area contributed by atoms with Crippen LogP contribution < -0.4 is 5.73 Å². The lowest BCUT2D eigenvalue weighted by atomic mass is 9.77. The molecule has 1 aliphatic rings. The molecule has 102 valence electrons. The Morgan fingerprint density at radius 1 is 1.42 bits per heavy atom. The van der Waals surface area contributed by atoms with Crippen LogP contribution in [0.3, 0.4) is 0 Å². The van der Waals surface area contributed by atoms with Gasteiger partial charge in [-0.25, -0.2) is 4.98 Å². The predicted molar refractivity (Wildman–Crippen MR) is 86.9 cm³/mol. The Bertz CT molecular complexity index is 608. The molecular formula is C14H17BrN2S2. The fraction of sp³-hybridized carbons (Fsp3) is 0.500. The number of nitrogens with two attached hydrogens (primary N) is 1. The highest BCUT2D eigenvalue weighted by Gasteiger charge is 2.33. The fourth-order valence-corrected chi connectivity index (χ4v) is 5.33. The molecule has 1 atom stereocenters. The summed E-state index contributed by atoms with van der Waals surface area (Å²) in [6.07, 6.45) is 2.09. The Kier molecular flexibility index (Phi) is 3.37. The van der Waals surface area contributed by atoms with E-state index in [0.29, 0.717) is 0 Å². The lowest BCUT2D eigenvalue weighted by molar-refractivity contribution is 0.282. The van der Waals surface area contributed by atoms with Crippen LogP contribution in [0, 0.1) is 12.3 Å². The molecule has 2 N–H and O–H groups in total. The largest absolute Gasteiger partial charge is 0.323 e. The number of halogens is 1. The Morgan fingerprint density at radius 2 is 2.16 bits per heavy atom. The van der Waals surface area contributed by atoms with Gasteiger partial charge in [-0.05, 0) is 47.2 Å². The highest BCUT2D eigenvalue weighted by atomic mass is 79.9. The number of thiophene rings is 1. The summed E-state index contributed by atoms with van der Waals surface area (Å²) in [5.74, 6) is 0. The molecule has 0 bridgehead atoms. The zero-order valence-corrected chi connectivity index (χ0v) is 14.5. The second kappa shape index (κ2) is 4.65. The number of nitrogens with zero attached hydrogens (tertiary/aromatic N) is 1. The first-order valence-corrected chi connectivity index (χ1v) is 8.80. The molecule has 1 unspecified atom stereocenters. The van der Waals surface area contributed by atoms with E-state index in [1.165, 1.54) is 24.8 Å². The molecule has 0 saturated heterocycles. The van der Waals surface area contributed by atoms with Gasteiger partial charge in [-0.2, -0.15) is 0 Å². The molecule has 0 aliphatic heterocycles. The summed E-state index contributed by atoms with van der Waals surface area (Å²) in [7, 11) is 0. The minimum atomic E-state index is 0.148. The average Bonchev–Trinajstić information content (AvgIpc) is 2.82. The maximum Gasteiger partial charge on any atom is 0.133 e. The zero-order chi connectivity index (χ0) is 13.8. The van der Waals surface area contributed by atoms with Crippen molar-refractivity contribution in [1.29, 1.82) is 0 Å². The first-order valence-electron chi connectivity index (χ1n) is 6.37. The molecule has 0 amide bonds. The molecule has 2 heterocycles. The molecule has 1 aliphatic carbocycles. The molecule has 2 nitrogen and oxygen atoms in total. The van der Waals surface area contributed by atoms with E-state index >= 15 is 0 Å². The third kappa shape index (κ3) is 2.53. The Morgan fingerprint density at radius 3 is 2.79 bits per heavy atom. The van der Waals surface area contributed by atoms with Crippen LogP contribution >= 0.6 is 38.6 Å². The molecule has 5 heteroatoms. The van der Waals surface area contributed by atoms with Gasteiger partial charge in [-0.3, -0.25) is 0 Å². The van der Waals surface area contributed by atoms with Gasteiger partial charge in [0, 0.05) is 20.3 Å². The Hall–Kier alpha value is -0.230. The van der Waals surface area contributed by atoms with E-state index in [9.17, 15) is 0 Å². The fourth-order valence-electron chi connectivity index (χ4n) is 2.66. The Labute approximate surface area is 130 Å². The van der Waals surface area contributed by atoms with E-state index in [1.807, 2.05) is 0 Å². The Balaban J connectivity index is 2.03. The number of aromatic nitrogens is 1. The minimum absolute atomic E-state index is 0.148. The van der Waals surface area contributed by atoms with Gasteiger partial charge in [0.05, 0.1) is 10.6 Å². The lowest BCUT2D eigenvalue weighted by Crippen LogP contribution is -2.28. The quantitative estimate of drug-likeness (QED) is 0.787. The van der Waals surface area contributed by atoms with Gasteiger partial charge in [-0.15, -0.1) is 22.7 Å². The summed E-state index contributed by atoms with van der Waals surface area (Å²) in [5.41, 5.74) is 7.79. The summed E-state index contributed by atoms with van der Waals surface area (Å²) >= 11 is 7.14. The van der Waals surface area contributed by atoms with E-state index in [1.54, 1.807) is 22.7 Å². The first-order chi connectivity index (χ1) is 8.85. The normalized spacial score (nSPS) is 21.4. The number of hydrogen-bond acceptors (Lipinski definition) is 4. The van der Waals surface area contributed by atoms with E-state index in [-0.39, 0.29) is 11.5 Å². The predicted octanol–water partition coefficient (Wildman–Crippen LogP) is 4.91. The van der Waals surface area contributed by atoms with E-state index < -0.39 is 0 Å². The molecule has 0 radical (unpaired) electrons. The van der Waals surface area contributed by atoms with Gasteiger partial charge in [-0.1, -0.05) is 13.8 Å². The molecule has 0 saturated carbocycles. The van der Waals surface area contributed by atoms with Crippen LogP contribution in [0.1, 0.15) is 41.8 Å². The van der Waals surface area contributed by atoms with Gasteiger partial charge >= 0.3 is 0 Å². The second-order valence-electron chi connectivity index (χ2n) is 6.00. The first kappa shape index (κ1) is 13.7. The van der Waals surface area contributed by atoms with Crippen molar-refractivity contribution in [2.45, 2.75) is 39.7 Å². The van der Waals surface area contributed by atoms with E-state index in [2.05, 4.69) is 42.8 Å². The lowest BCUT2D eigenvalue weighted by Gasteiger charge is -2.32. The molecule has 0 spiro atoms. The van der Waals surface area contributed by atoms with E-state index in [4.69, 9.17) is 10.7 Å². The standard InChI is InChI=1S/C14H17BrN2S2/c1-7-8(15)4-11(18-7)13-17-10-6-14(2,3)5-9(16)12(10)19-13/h4,9H,5-6,16H2,1-3H3. The van der Waals surface area contributed by atoms with Crippen molar-refractivity contribution in [3.8, 4) is 9.88 Å². The van der Waals surface area contributed by atoms with Gasteiger partial charge < -0.3 is 5.73 Å². The van der Waals surface area contributed by atoms with Crippen LogP contribution in [0.15, 0.2) is 10.5 Å². The van der Waals surface area contributed by atoms with Crippen LogP contribution in [-0.2, 0) is 6.42 Å². The summed E-state index contributed by atoms with van der Waals surface area (Å²) in [6.45, 7) is 6.68. The summed E-state index contributed by atoms with van der Waals surface area (Å²) in [5, 5.41) is 1.12. The van der Waals surface area contributed by atoms with Gasteiger partial charge in [0.2, 0.25) is 0 Å². The smallest absolute Gasteiger partial charge is 0.133 e. The summed E-state index contributed by atoms with van der Waals surface area (Å²) < 4.78 is 1.17. The van der Waals surface area contributed by atoms with Crippen molar-refractivity contribution in [3.05, 3.63) is 26.0 Å². The monoisotopic (exact) mass is 356 g/mol. The second-order valence-corrected chi connectivity index (χ2v) is 9.14. The third-order valence-electron chi connectivity index (χ3n) is 3.55. The maximum atomic E-state index is 6.31. The van der Waals surface area contributed by atoms with Gasteiger partial charge in [0.15, 0.2) is 0 Å². The molecule has 3 rings (SSSR count). The minimum Gasteiger partial charge on any atom is -0.323 e. The molecule has 19 heavy (non-hydrogen) atoms. The van der Waals surface area contributed by atoms with Crippen molar-refractivity contribution in [3.63, 3.8) is 0 Å². The van der Waals surface area contributed by atoms with Crippen molar-refractivity contribution in [2.24, 2.45) is 11.1 Å². The number of fused-ring (bicyclic) bond motifs is 1. The third-order valence-corrected chi connectivity index (χ3v) is 7.09. The average molecular weight is 357 g/mol. The van der Waals surface area contributed by atoms with Crippen molar-refractivity contribution in [1.82, 2.24) is 4.98 Å². The highest BCUT2D eigenvalue weighted by Crippen LogP contribution is 2.45. The number of rotatable bonds is 1. The maximum absolute atomic E-state index is 6.31. The van der Waals surface area contributed by atoms with Crippen LogP contribution in [0.5, 0.6) is 0 Å². The SMILES string of the molecule is Cc1sc(-c2nc3c(s2)C(N)CC(C)(C)C3)cc1Br. The van der Waals surface area contributed by atoms with Crippen LogP contribution in [-0.4, -0.2) is 4.98 Å². The summed E-state index contributed by atoms with van der Waals surface area (Å²) in [6, 6.07) is 2.32. The number of aryl methyl sites for hydroxylation is 1. The highest BCUT2D eigenvalue weighted by molar-refractivity contribution is 9.10. The molecule has 2 aromatic heterocycles. The van der Waals surface area contributed by atoms with Crippen LogP contribution in [0.25, 0.3) is 9.88 Å². The van der Waals surface area contributed by atoms with Gasteiger partial charge in [0.25, 0.3) is 0 Å². The number of thiazole rings is 1. The molecule has 0 fully saturated rings. The van der Waals surface area contributed by atoms with Gasteiger partial charge in [0.1, 0.15) is 5.01 Å². The zero-order valence-electron chi connectivity index (χ0n) is 11.3. The topological polar surface area (TPSA) is 38.9 Å². The molecule has 0 aromatic carbocycles. The molecule has 2 aromatic rings. The van der Waals surface area contributed by atoms with Crippen molar-refractivity contribution >= 4 is 38.6 Å². The van der Waals surface area contributed by atoms with Crippen LogP contribution in [0.2, 0.25) is 0 Å². The summed E-state index contributed by atoms with van der Waals surface area (Å²) in [4.78, 5) is 8.68. The molecular weight excluding hydrogens is 340 g/mol. The number of hydrogen-bond donors (Lipinski definition) is 1. The van der Waals surface area contributed by atoms with Crippen molar-refractivity contribution in [2.75, 3.05) is 0 Å². The van der Waals surface area contributed by atoms with Crippen molar-refractivity contribution < 1.29 is 0 Å².